The Bertz CT molecular complexity index is 850. The smallest absolute Gasteiger partial charge is 0.164 e. The molecule has 0 atom stereocenters. The van der Waals surface area contributed by atoms with E-state index in [2.05, 4.69) is 15.3 Å². The summed E-state index contributed by atoms with van der Waals surface area (Å²) in [6, 6.07) is 3.79. The molecule has 124 valence electrons. The number of carbonyl (C=O) groups is 1. The molecule has 0 N–H and O–H groups in total. The van der Waals surface area contributed by atoms with Crippen LogP contribution in [0.3, 0.4) is 0 Å². The zero-order valence-corrected chi connectivity index (χ0v) is 15.6. The Morgan fingerprint density at radius 1 is 1.21 bits per heavy atom. The van der Waals surface area contributed by atoms with Gasteiger partial charge >= 0.3 is 0 Å². The van der Waals surface area contributed by atoms with Crippen molar-refractivity contribution in [1.29, 1.82) is 0 Å². The molecular weight excluding hydrogens is 338 g/mol. The molecule has 3 rings (SSSR count). The lowest BCUT2D eigenvalue weighted by Crippen LogP contribution is -2.00. The first kappa shape index (κ1) is 16.9. The molecule has 0 amide bonds. The predicted molar refractivity (Wildman–Crippen MR) is 99.0 cm³/mol. The highest BCUT2D eigenvalue weighted by molar-refractivity contribution is 7.15. The number of nitrogens with zero attached hydrogens (tertiary/aromatic N) is 3. The quantitative estimate of drug-likeness (QED) is 0.592. The molecule has 0 radical (unpaired) electrons. The minimum absolute atomic E-state index is 0.157. The van der Waals surface area contributed by atoms with Crippen molar-refractivity contribution in [2.24, 2.45) is 0 Å². The van der Waals surface area contributed by atoms with E-state index in [9.17, 15) is 4.79 Å². The van der Waals surface area contributed by atoms with Gasteiger partial charge in [0.15, 0.2) is 5.78 Å². The van der Waals surface area contributed by atoms with Gasteiger partial charge in [-0.15, -0.1) is 22.7 Å². The van der Waals surface area contributed by atoms with E-state index in [4.69, 9.17) is 4.98 Å². The van der Waals surface area contributed by atoms with Crippen molar-refractivity contribution in [3.8, 4) is 10.6 Å². The highest BCUT2D eigenvalue weighted by atomic mass is 32.1. The number of hydrogen-bond acceptors (Lipinski definition) is 6. The first-order chi connectivity index (χ1) is 11.6. The zero-order chi connectivity index (χ0) is 17.1. The van der Waals surface area contributed by atoms with Crippen molar-refractivity contribution in [3.05, 3.63) is 50.7 Å². The van der Waals surface area contributed by atoms with Gasteiger partial charge in [-0.3, -0.25) is 9.78 Å². The molecule has 0 aliphatic rings. The van der Waals surface area contributed by atoms with Crippen LogP contribution >= 0.6 is 22.7 Å². The van der Waals surface area contributed by atoms with Gasteiger partial charge in [0, 0.05) is 35.7 Å². The maximum atomic E-state index is 11.9. The molecule has 0 aliphatic carbocycles. The highest BCUT2D eigenvalue weighted by Crippen LogP contribution is 2.31. The fourth-order valence-corrected chi connectivity index (χ4v) is 4.24. The van der Waals surface area contributed by atoms with E-state index in [1.165, 1.54) is 0 Å². The molecule has 0 unspecified atom stereocenters. The SMILES string of the molecule is CCCC(=O)c1ccc(Cc2nc(-c3sc(C)nc3C)cs2)nc1. The number of ketones is 1. The Morgan fingerprint density at radius 3 is 2.67 bits per heavy atom. The van der Waals surface area contributed by atoms with Gasteiger partial charge in [-0.2, -0.15) is 0 Å². The monoisotopic (exact) mass is 357 g/mol. The number of aromatic nitrogens is 3. The topological polar surface area (TPSA) is 55.7 Å². The third-order valence-corrected chi connectivity index (χ3v) is 5.59. The minimum atomic E-state index is 0.157. The second-order valence-electron chi connectivity index (χ2n) is 5.66. The van der Waals surface area contributed by atoms with Crippen molar-refractivity contribution >= 4 is 28.5 Å². The third kappa shape index (κ3) is 3.76. The average molecular weight is 358 g/mol. The second-order valence-corrected chi connectivity index (χ2v) is 7.81. The summed E-state index contributed by atoms with van der Waals surface area (Å²) in [6.07, 6.45) is 3.80. The van der Waals surface area contributed by atoms with Gasteiger partial charge in [0.2, 0.25) is 0 Å². The van der Waals surface area contributed by atoms with Crippen molar-refractivity contribution in [3.63, 3.8) is 0 Å². The molecule has 0 saturated carbocycles. The van der Waals surface area contributed by atoms with Crippen LogP contribution in [-0.4, -0.2) is 20.7 Å². The normalized spacial score (nSPS) is 11.0. The summed E-state index contributed by atoms with van der Waals surface area (Å²) in [7, 11) is 0. The van der Waals surface area contributed by atoms with E-state index in [0.717, 1.165) is 38.4 Å². The van der Waals surface area contributed by atoms with Gasteiger partial charge in [-0.05, 0) is 32.4 Å². The summed E-state index contributed by atoms with van der Waals surface area (Å²) < 4.78 is 0. The lowest BCUT2D eigenvalue weighted by Gasteiger charge is -2.01. The van der Waals surface area contributed by atoms with Crippen molar-refractivity contribution in [2.45, 2.75) is 40.0 Å². The van der Waals surface area contributed by atoms with Gasteiger partial charge in [0.1, 0.15) is 0 Å². The van der Waals surface area contributed by atoms with Crippen LogP contribution in [0.15, 0.2) is 23.7 Å². The standard InChI is InChI=1S/C18H19N3OS2/c1-4-5-16(22)13-6-7-14(19-9-13)8-17-21-15(10-23-17)18-11(2)20-12(3)24-18/h6-7,9-10H,4-5,8H2,1-3H3. The van der Waals surface area contributed by atoms with Gasteiger partial charge in [0.05, 0.1) is 26.3 Å². The molecule has 6 heteroatoms. The van der Waals surface area contributed by atoms with E-state index in [-0.39, 0.29) is 5.78 Å². The summed E-state index contributed by atoms with van der Waals surface area (Å²) in [6.45, 7) is 6.04. The predicted octanol–water partition coefficient (Wildman–Crippen LogP) is 4.85. The van der Waals surface area contributed by atoms with Crippen molar-refractivity contribution < 1.29 is 4.79 Å². The maximum absolute atomic E-state index is 11.9. The Hall–Kier alpha value is -1.92. The summed E-state index contributed by atoms with van der Waals surface area (Å²) in [4.78, 5) is 26.6. The maximum Gasteiger partial charge on any atom is 0.164 e. The molecular formula is C18H19N3OS2. The number of pyridine rings is 1. The molecule has 0 bridgehead atoms. The molecule has 24 heavy (non-hydrogen) atoms. The van der Waals surface area contributed by atoms with E-state index in [1.54, 1.807) is 28.9 Å². The van der Waals surface area contributed by atoms with E-state index >= 15 is 0 Å². The van der Waals surface area contributed by atoms with Crippen LogP contribution in [0.25, 0.3) is 10.6 Å². The summed E-state index contributed by atoms with van der Waals surface area (Å²) in [5.74, 6) is 0.157. The number of hydrogen-bond donors (Lipinski definition) is 0. The molecule has 3 aromatic heterocycles. The summed E-state index contributed by atoms with van der Waals surface area (Å²) in [5, 5.41) is 4.16. The minimum Gasteiger partial charge on any atom is -0.294 e. The zero-order valence-electron chi connectivity index (χ0n) is 14.0. The number of thiazole rings is 2. The van der Waals surface area contributed by atoms with Crippen molar-refractivity contribution in [2.75, 3.05) is 0 Å². The number of aryl methyl sites for hydroxylation is 2. The van der Waals surface area contributed by atoms with E-state index in [0.29, 0.717) is 18.4 Å². The first-order valence-corrected chi connectivity index (χ1v) is 9.63. The van der Waals surface area contributed by atoms with Crippen LogP contribution in [0.1, 0.15) is 51.5 Å². The molecule has 3 heterocycles. The van der Waals surface area contributed by atoms with Gasteiger partial charge in [-0.25, -0.2) is 9.97 Å². The Kier molecular flexibility index (Phi) is 5.16. The molecule has 0 saturated heterocycles. The van der Waals surface area contributed by atoms with Crippen molar-refractivity contribution in [1.82, 2.24) is 15.0 Å². The Morgan fingerprint density at radius 2 is 2.04 bits per heavy atom. The van der Waals surface area contributed by atoms with E-state index < -0.39 is 0 Å². The summed E-state index contributed by atoms with van der Waals surface area (Å²) in [5.41, 5.74) is 3.65. The van der Waals surface area contributed by atoms with Crippen LogP contribution in [0.5, 0.6) is 0 Å². The van der Waals surface area contributed by atoms with Crippen LogP contribution in [0.4, 0.5) is 0 Å². The van der Waals surface area contributed by atoms with Crippen LogP contribution < -0.4 is 0 Å². The molecule has 0 aromatic carbocycles. The van der Waals surface area contributed by atoms with E-state index in [1.807, 2.05) is 32.9 Å². The van der Waals surface area contributed by atoms with Crippen LogP contribution in [0.2, 0.25) is 0 Å². The number of carbonyl (C=O) groups excluding carboxylic acids is 1. The Labute approximate surface area is 149 Å². The largest absolute Gasteiger partial charge is 0.294 e. The number of Topliss-reactive ketones (excluding diaryl/α,β-unsaturated/α-hetero) is 1. The summed E-state index contributed by atoms with van der Waals surface area (Å²) >= 11 is 3.31. The lowest BCUT2D eigenvalue weighted by atomic mass is 10.1. The fourth-order valence-electron chi connectivity index (χ4n) is 2.49. The van der Waals surface area contributed by atoms with Crippen LogP contribution in [-0.2, 0) is 6.42 Å². The number of rotatable bonds is 6. The van der Waals surface area contributed by atoms with Gasteiger partial charge in [0.25, 0.3) is 0 Å². The average Bonchev–Trinajstić information content (AvgIpc) is 3.14. The van der Waals surface area contributed by atoms with Crippen LogP contribution in [0, 0.1) is 13.8 Å². The fraction of sp³-hybridized carbons (Fsp3) is 0.333. The van der Waals surface area contributed by atoms with Gasteiger partial charge < -0.3 is 0 Å². The molecule has 0 aliphatic heterocycles. The molecule has 4 nitrogen and oxygen atoms in total. The Balaban J connectivity index is 1.73. The molecule has 3 aromatic rings. The third-order valence-electron chi connectivity index (χ3n) is 3.64. The first-order valence-electron chi connectivity index (χ1n) is 7.93. The second kappa shape index (κ2) is 7.32. The highest BCUT2D eigenvalue weighted by Gasteiger charge is 2.12. The van der Waals surface area contributed by atoms with Gasteiger partial charge in [-0.1, -0.05) is 6.92 Å². The molecule has 0 spiro atoms. The molecule has 0 fully saturated rings. The lowest BCUT2D eigenvalue weighted by molar-refractivity contribution is 0.0981.